The van der Waals surface area contributed by atoms with Crippen molar-refractivity contribution in [2.24, 2.45) is 0 Å². The standard InChI is InChI=1S/C12H20N4O4S/c1-2-15-5-3-4-10(7-15)14-21(19,20)11-6-13-16(8-11)9-12(17)18/h6,8,10,14H,2-5,7,9H2,1H3,(H,17,18). The maximum atomic E-state index is 12.3. The number of nitrogens with one attached hydrogen (secondary N) is 1. The first-order valence-electron chi connectivity index (χ1n) is 6.89. The Kier molecular flexibility index (Phi) is 4.96. The Morgan fingerprint density at radius 1 is 1.57 bits per heavy atom. The minimum absolute atomic E-state index is 0.00243. The molecule has 0 aromatic carbocycles. The Hall–Kier alpha value is -1.45. The Bertz CT molecular complexity index is 598. The Morgan fingerprint density at radius 2 is 2.33 bits per heavy atom. The van der Waals surface area contributed by atoms with Crippen molar-refractivity contribution in [1.29, 1.82) is 0 Å². The maximum absolute atomic E-state index is 12.3. The van der Waals surface area contributed by atoms with Crippen molar-refractivity contribution in [1.82, 2.24) is 19.4 Å². The summed E-state index contributed by atoms with van der Waals surface area (Å²) in [6.45, 7) is 4.27. The number of sulfonamides is 1. The molecule has 1 unspecified atom stereocenters. The summed E-state index contributed by atoms with van der Waals surface area (Å²) in [4.78, 5) is 12.8. The Morgan fingerprint density at radius 3 is 3.00 bits per heavy atom. The van der Waals surface area contributed by atoms with Gasteiger partial charge in [0.2, 0.25) is 10.0 Å². The molecule has 0 saturated carbocycles. The fraction of sp³-hybridized carbons (Fsp3) is 0.667. The molecule has 0 aliphatic carbocycles. The molecular weight excluding hydrogens is 296 g/mol. The fourth-order valence-electron chi connectivity index (χ4n) is 2.43. The highest BCUT2D eigenvalue weighted by Crippen LogP contribution is 2.14. The second kappa shape index (κ2) is 6.54. The number of aliphatic carboxylic acids is 1. The smallest absolute Gasteiger partial charge is 0.325 e. The number of carboxylic acid groups (broad SMARTS) is 1. The minimum Gasteiger partial charge on any atom is -0.480 e. The van der Waals surface area contributed by atoms with Gasteiger partial charge in [-0.05, 0) is 25.9 Å². The van der Waals surface area contributed by atoms with Gasteiger partial charge in [-0.25, -0.2) is 13.1 Å². The van der Waals surface area contributed by atoms with Gasteiger partial charge in [-0.1, -0.05) is 6.92 Å². The first-order chi connectivity index (χ1) is 9.90. The fourth-order valence-corrected chi connectivity index (χ4v) is 3.65. The van der Waals surface area contributed by atoms with Crippen molar-refractivity contribution in [3.63, 3.8) is 0 Å². The normalized spacial score (nSPS) is 20.5. The summed E-state index contributed by atoms with van der Waals surface area (Å²) in [6, 6.07) is -0.119. The zero-order valence-corrected chi connectivity index (χ0v) is 12.7. The zero-order chi connectivity index (χ0) is 15.5. The average Bonchev–Trinajstić information content (AvgIpc) is 2.87. The van der Waals surface area contributed by atoms with Crippen LogP contribution in [0.1, 0.15) is 19.8 Å². The maximum Gasteiger partial charge on any atom is 0.325 e. The topological polar surface area (TPSA) is 105 Å². The van der Waals surface area contributed by atoms with Crippen LogP contribution in [0.5, 0.6) is 0 Å². The third-order valence-electron chi connectivity index (χ3n) is 3.49. The molecule has 1 aliphatic rings. The summed E-state index contributed by atoms with van der Waals surface area (Å²) in [5.74, 6) is -1.07. The van der Waals surface area contributed by atoms with E-state index < -0.39 is 16.0 Å². The lowest BCUT2D eigenvalue weighted by molar-refractivity contribution is -0.137. The molecule has 1 aliphatic heterocycles. The van der Waals surface area contributed by atoms with E-state index in [-0.39, 0.29) is 17.5 Å². The lowest BCUT2D eigenvalue weighted by Crippen LogP contribution is -2.47. The number of carboxylic acids is 1. The van der Waals surface area contributed by atoms with Crippen LogP contribution in [0.15, 0.2) is 17.3 Å². The van der Waals surface area contributed by atoms with Crippen molar-refractivity contribution < 1.29 is 18.3 Å². The molecule has 118 valence electrons. The van der Waals surface area contributed by atoms with Crippen LogP contribution >= 0.6 is 0 Å². The number of piperidine rings is 1. The summed E-state index contributed by atoms with van der Waals surface area (Å²) in [5, 5.41) is 12.4. The highest BCUT2D eigenvalue weighted by Gasteiger charge is 2.25. The van der Waals surface area contributed by atoms with Crippen molar-refractivity contribution >= 4 is 16.0 Å². The van der Waals surface area contributed by atoms with Gasteiger partial charge in [0.05, 0.1) is 6.20 Å². The molecule has 2 N–H and O–H groups in total. The van der Waals surface area contributed by atoms with E-state index in [0.29, 0.717) is 6.54 Å². The molecule has 1 aromatic heterocycles. The number of aromatic nitrogens is 2. The molecule has 21 heavy (non-hydrogen) atoms. The predicted molar refractivity (Wildman–Crippen MR) is 75.3 cm³/mol. The lowest BCUT2D eigenvalue weighted by atomic mass is 10.1. The van der Waals surface area contributed by atoms with Crippen LogP contribution in [0.4, 0.5) is 0 Å². The van der Waals surface area contributed by atoms with Gasteiger partial charge in [-0.3, -0.25) is 9.48 Å². The summed E-state index contributed by atoms with van der Waals surface area (Å²) in [6.07, 6.45) is 4.17. The predicted octanol–water partition coefficient (Wildman–Crippen LogP) is -0.270. The van der Waals surface area contributed by atoms with E-state index in [1.165, 1.54) is 12.4 Å². The summed E-state index contributed by atoms with van der Waals surface area (Å²) >= 11 is 0. The van der Waals surface area contributed by atoms with E-state index >= 15 is 0 Å². The number of nitrogens with zero attached hydrogens (tertiary/aromatic N) is 3. The molecule has 1 atom stereocenters. The van der Waals surface area contributed by atoms with Crippen LogP contribution < -0.4 is 4.72 Å². The molecule has 1 saturated heterocycles. The van der Waals surface area contributed by atoms with E-state index in [0.717, 1.165) is 30.6 Å². The van der Waals surface area contributed by atoms with Crippen LogP contribution in [-0.2, 0) is 21.4 Å². The summed E-state index contributed by atoms with van der Waals surface area (Å²) in [5.41, 5.74) is 0. The molecule has 2 heterocycles. The first-order valence-corrected chi connectivity index (χ1v) is 8.38. The van der Waals surface area contributed by atoms with E-state index in [1.807, 2.05) is 6.92 Å². The number of carbonyl (C=O) groups is 1. The van der Waals surface area contributed by atoms with Crippen molar-refractivity contribution in [2.45, 2.75) is 37.2 Å². The van der Waals surface area contributed by atoms with Crippen LogP contribution in [0.2, 0.25) is 0 Å². The molecule has 8 nitrogen and oxygen atoms in total. The van der Waals surface area contributed by atoms with Crippen molar-refractivity contribution in [3.8, 4) is 0 Å². The molecule has 0 bridgehead atoms. The van der Waals surface area contributed by atoms with E-state index in [4.69, 9.17) is 5.11 Å². The average molecular weight is 316 g/mol. The molecule has 1 fully saturated rings. The number of hydrogen-bond acceptors (Lipinski definition) is 5. The highest BCUT2D eigenvalue weighted by atomic mass is 32.2. The monoisotopic (exact) mass is 316 g/mol. The number of likely N-dealkylation sites (N-methyl/N-ethyl adjacent to an activating group) is 1. The van der Waals surface area contributed by atoms with Crippen molar-refractivity contribution in [3.05, 3.63) is 12.4 Å². The molecule has 0 amide bonds. The van der Waals surface area contributed by atoms with Gasteiger partial charge in [-0.15, -0.1) is 0 Å². The molecule has 0 radical (unpaired) electrons. The molecule has 2 rings (SSSR count). The van der Waals surface area contributed by atoms with Gasteiger partial charge in [0.25, 0.3) is 0 Å². The van der Waals surface area contributed by atoms with Crippen LogP contribution in [-0.4, -0.2) is 59.9 Å². The van der Waals surface area contributed by atoms with Gasteiger partial charge < -0.3 is 10.0 Å². The summed E-state index contributed by atoms with van der Waals surface area (Å²) < 4.78 is 28.3. The van der Waals surface area contributed by atoms with Gasteiger partial charge in [0.1, 0.15) is 11.4 Å². The molecular formula is C12H20N4O4S. The lowest BCUT2D eigenvalue weighted by Gasteiger charge is -2.31. The second-order valence-corrected chi connectivity index (χ2v) is 6.84. The SMILES string of the molecule is CCN1CCCC(NS(=O)(=O)c2cnn(CC(=O)O)c2)C1. The third kappa shape index (κ3) is 4.26. The second-order valence-electron chi connectivity index (χ2n) is 5.12. The minimum atomic E-state index is -3.66. The Labute approximate surface area is 123 Å². The molecule has 1 aromatic rings. The summed E-state index contributed by atoms with van der Waals surface area (Å²) in [7, 11) is -3.66. The van der Waals surface area contributed by atoms with Gasteiger partial charge in [0, 0.05) is 18.8 Å². The molecule has 0 spiro atoms. The Balaban J connectivity index is 2.04. The van der Waals surface area contributed by atoms with Gasteiger partial charge >= 0.3 is 5.97 Å². The van der Waals surface area contributed by atoms with Crippen LogP contribution in [0.25, 0.3) is 0 Å². The van der Waals surface area contributed by atoms with E-state index in [9.17, 15) is 13.2 Å². The zero-order valence-electron chi connectivity index (χ0n) is 11.9. The van der Waals surface area contributed by atoms with E-state index in [2.05, 4.69) is 14.7 Å². The van der Waals surface area contributed by atoms with Gasteiger partial charge in [-0.2, -0.15) is 5.10 Å². The molecule has 9 heteroatoms. The largest absolute Gasteiger partial charge is 0.480 e. The van der Waals surface area contributed by atoms with Gasteiger partial charge in [0.15, 0.2) is 0 Å². The van der Waals surface area contributed by atoms with Crippen LogP contribution in [0, 0.1) is 0 Å². The first kappa shape index (κ1) is 15.9. The highest BCUT2D eigenvalue weighted by molar-refractivity contribution is 7.89. The number of hydrogen-bond donors (Lipinski definition) is 2. The number of likely N-dealkylation sites (tertiary alicyclic amines) is 1. The number of rotatable bonds is 6. The third-order valence-corrected chi connectivity index (χ3v) is 4.97. The van der Waals surface area contributed by atoms with Crippen molar-refractivity contribution in [2.75, 3.05) is 19.6 Å². The quantitative estimate of drug-likeness (QED) is 0.748. The van der Waals surface area contributed by atoms with Crippen LogP contribution in [0.3, 0.4) is 0 Å². The van der Waals surface area contributed by atoms with E-state index in [1.54, 1.807) is 0 Å².